The molecule has 1 aromatic heterocycles. The predicted octanol–water partition coefficient (Wildman–Crippen LogP) is 2.42. The van der Waals surface area contributed by atoms with Crippen molar-refractivity contribution < 1.29 is 13.5 Å². The van der Waals surface area contributed by atoms with E-state index in [1.54, 1.807) is 25.1 Å². The number of aryl methyl sites for hydroxylation is 1. The molecule has 0 atom stereocenters. The summed E-state index contributed by atoms with van der Waals surface area (Å²) in [4.78, 5) is 2.60. The van der Waals surface area contributed by atoms with Crippen LogP contribution in [-0.4, -0.2) is 27.6 Å². The summed E-state index contributed by atoms with van der Waals surface area (Å²) < 4.78 is 27.4. The number of benzene rings is 1. The second-order valence-corrected chi connectivity index (χ2v) is 7.92. The molecule has 1 heterocycles. The minimum absolute atomic E-state index is 0.149. The van der Waals surface area contributed by atoms with Crippen LogP contribution in [0.4, 0.5) is 11.4 Å². The van der Waals surface area contributed by atoms with Gasteiger partial charge in [0, 0.05) is 30.3 Å². The highest BCUT2D eigenvalue weighted by atomic mass is 32.2. The van der Waals surface area contributed by atoms with Gasteiger partial charge in [-0.05, 0) is 42.8 Å². The van der Waals surface area contributed by atoms with Crippen LogP contribution in [0.15, 0.2) is 34.5 Å². The van der Waals surface area contributed by atoms with Gasteiger partial charge >= 0.3 is 0 Å². The Morgan fingerprint density at radius 3 is 2.33 bits per heavy atom. The van der Waals surface area contributed by atoms with E-state index in [1.807, 2.05) is 31.1 Å². The van der Waals surface area contributed by atoms with Crippen molar-refractivity contribution in [3.8, 4) is 0 Å². The number of nitrogens with one attached hydrogen (secondary N) is 1. The van der Waals surface area contributed by atoms with E-state index >= 15 is 0 Å². The van der Waals surface area contributed by atoms with Gasteiger partial charge < -0.3 is 10.0 Å². The van der Waals surface area contributed by atoms with E-state index in [4.69, 9.17) is 5.11 Å². The molecular weight excluding hydrogens is 308 g/mol. The smallest absolute Gasteiger partial charge is 0.271 e. The summed E-state index contributed by atoms with van der Waals surface area (Å²) in [7, 11) is 0.227. The standard InChI is InChI=1S/C14H18N2O3S2/c1-10-8-14(20-13(10)9-17)21(18,19)15-11-4-6-12(7-5-11)16(2)3/h4-8,15,17H,9H2,1-3H3. The lowest BCUT2D eigenvalue weighted by molar-refractivity contribution is 0.285. The van der Waals surface area contributed by atoms with Crippen molar-refractivity contribution in [1.82, 2.24) is 0 Å². The molecule has 0 saturated heterocycles. The topological polar surface area (TPSA) is 69.6 Å². The molecule has 0 saturated carbocycles. The van der Waals surface area contributed by atoms with Crippen LogP contribution in [0.1, 0.15) is 10.4 Å². The number of thiophene rings is 1. The third-order valence-corrected chi connectivity index (χ3v) is 6.12. The zero-order valence-corrected chi connectivity index (χ0v) is 13.8. The van der Waals surface area contributed by atoms with Gasteiger partial charge in [0.05, 0.1) is 6.61 Å². The van der Waals surface area contributed by atoms with Gasteiger partial charge in [-0.25, -0.2) is 8.42 Å². The van der Waals surface area contributed by atoms with Crippen LogP contribution in [0.3, 0.4) is 0 Å². The average molecular weight is 326 g/mol. The molecule has 0 aliphatic carbocycles. The molecule has 0 amide bonds. The number of anilines is 2. The molecule has 0 aliphatic heterocycles. The molecule has 0 fully saturated rings. The molecule has 21 heavy (non-hydrogen) atoms. The molecule has 0 radical (unpaired) electrons. The van der Waals surface area contributed by atoms with Crippen molar-refractivity contribution in [3.05, 3.63) is 40.8 Å². The van der Waals surface area contributed by atoms with Gasteiger partial charge in [-0.3, -0.25) is 4.72 Å². The molecule has 0 aliphatic rings. The fraction of sp³-hybridized carbons (Fsp3) is 0.286. The lowest BCUT2D eigenvalue weighted by Crippen LogP contribution is -2.12. The molecular formula is C14H18N2O3S2. The summed E-state index contributed by atoms with van der Waals surface area (Å²) in [6.07, 6.45) is 0. The summed E-state index contributed by atoms with van der Waals surface area (Å²) in [6.45, 7) is 1.64. The Bertz CT molecular complexity index is 719. The van der Waals surface area contributed by atoms with Gasteiger partial charge in [-0.1, -0.05) is 0 Å². The highest BCUT2D eigenvalue weighted by Gasteiger charge is 2.18. The van der Waals surface area contributed by atoms with Crippen LogP contribution in [0, 0.1) is 6.92 Å². The van der Waals surface area contributed by atoms with Gasteiger partial charge in [-0.15, -0.1) is 11.3 Å². The van der Waals surface area contributed by atoms with Crippen molar-refractivity contribution in [2.45, 2.75) is 17.7 Å². The van der Waals surface area contributed by atoms with Crippen molar-refractivity contribution in [2.75, 3.05) is 23.7 Å². The highest BCUT2D eigenvalue weighted by molar-refractivity contribution is 7.94. The Balaban J connectivity index is 2.24. The molecule has 114 valence electrons. The molecule has 0 bridgehead atoms. The number of aliphatic hydroxyl groups excluding tert-OH is 1. The van der Waals surface area contributed by atoms with Crippen molar-refractivity contribution >= 4 is 32.7 Å². The molecule has 0 unspecified atom stereocenters. The molecule has 7 heteroatoms. The summed E-state index contributed by atoms with van der Waals surface area (Å²) in [5, 5.41) is 9.16. The Hall–Kier alpha value is -1.57. The summed E-state index contributed by atoms with van der Waals surface area (Å²) >= 11 is 1.09. The Labute approximate surface area is 128 Å². The Morgan fingerprint density at radius 2 is 1.86 bits per heavy atom. The molecule has 2 rings (SSSR count). The van der Waals surface area contributed by atoms with Gasteiger partial charge in [0.15, 0.2) is 0 Å². The van der Waals surface area contributed by atoms with Crippen LogP contribution in [-0.2, 0) is 16.6 Å². The molecule has 0 spiro atoms. The molecule has 2 N–H and O–H groups in total. The maximum absolute atomic E-state index is 12.3. The number of nitrogens with zero attached hydrogens (tertiary/aromatic N) is 1. The quantitative estimate of drug-likeness (QED) is 0.885. The first-order valence-corrected chi connectivity index (χ1v) is 8.64. The maximum atomic E-state index is 12.3. The maximum Gasteiger partial charge on any atom is 0.271 e. The monoisotopic (exact) mass is 326 g/mol. The summed E-state index contributed by atoms with van der Waals surface area (Å²) in [5.41, 5.74) is 2.29. The third-order valence-electron chi connectivity index (χ3n) is 3.04. The van der Waals surface area contributed by atoms with Crippen LogP contribution < -0.4 is 9.62 Å². The fourth-order valence-electron chi connectivity index (χ4n) is 1.81. The lowest BCUT2D eigenvalue weighted by atomic mass is 10.3. The summed E-state index contributed by atoms with van der Waals surface area (Å²) in [6, 6.07) is 8.71. The van der Waals surface area contributed by atoms with Crippen molar-refractivity contribution in [3.63, 3.8) is 0 Å². The van der Waals surface area contributed by atoms with Crippen molar-refractivity contribution in [2.24, 2.45) is 0 Å². The Kier molecular flexibility index (Phi) is 4.55. The van der Waals surface area contributed by atoms with Crippen LogP contribution in [0.5, 0.6) is 0 Å². The highest BCUT2D eigenvalue weighted by Crippen LogP contribution is 2.28. The van der Waals surface area contributed by atoms with E-state index in [0.717, 1.165) is 22.6 Å². The van der Waals surface area contributed by atoms with E-state index in [-0.39, 0.29) is 10.8 Å². The Morgan fingerprint density at radius 1 is 1.24 bits per heavy atom. The van der Waals surface area contributed by atoms with Gasteiger partial charge in [0.2, 0.25) is 0 Å². The lowest BCUT2D eigenvalue weighted by Gasteiger charge is -2.13. The minimum Gasteiger partial charge on any atom is -0.391 e. The number of rotatable bonds is 5. The summed E-state index contributed by atoms with van der Waals surface area (Å²) in [5.74, 6) is 0. The fourth-order valence-corrected chi connectivity index (χ4v) is 4.32. The number of hydrogen-bond acceptors (Lipinski definition) is 5. The van der Waals surface area contributed by atoms with Gasteiger partial charge in [0.25, 0.3) is 10.0 Å². The largest absolute Gasteiger partial charge is 0.391 e. The van der Waals surface area contributed by atoms with Crippen LogP contribution in [0.25, 0.3) is 0 Å². The second-order valence-electron chi connectivity index (χ2n) is 4.88. The number of sulfonamides is 1. The normalized spacial score (nSPS) is 11.4. The van der Waals surface area contributed by atoms with Gasteiger partial charge in [0.1, 0.15) is 4.21 Å². The van der Waals surface area contributed by atoms with E-state index in [2.05, 4.69) is 4.72 Å². The number of aliphatic hydroxyl groups is 1. The SMILES string of the molecule is Cc1cc(S(=O)(=O)Nc2ccc(N(C)C)cc2)sc1CO. The van der Waals surface area contributed by atoms with Crippen LogP contribution >= 0.6 is 11.3 Å². The van der Waals surface area contributed by atoms with E-state index in [0.29, 0.717) is 10.6 Å². The minimum atomic E-state index is -3.61. The van der Waals surface area contributed by atoms with Crippen LogP contribution in [0.2, 0.25) is 0 Å². The third kappa shape index (κ3) is 3.55. The first-order valence-electron chi connectivity index (χ1n) is 6.34. The second kappa shape index (κ2) is 6.05. The van der Waals surface area contributed by atoms with Crippen molar-refractivity contribution in [1.29, 1.82) is 0 Å². The zero-order chi connectivity index (χ0) is 15.6. The van der Waals surface area contributed by atoms with E-state index in [1.165, 1.54) is 0 Å². The number of hydrogen-bond donors (Lipinski definition) is 2. The molecule has 2 aromatic rings. The first-order chi connectivity index (χ1) is 9.83. The average Bonchev–Trinajstić information content (AvgIpc) is 2.81. The van der Waals surface area contributed by atoms with E-state index < -0.39 is 10.0 Å². The first kappa shape index (κ1) is 15.8. The molecule has 1 aromatic carbocycles. The molecule has 5 nitrogen and oxygen atoms in total. The van der Waals surface area contributed by atoms with E-state index in [9.17, 15) is 8.42 Å². The van der Waals surface area contributed by atoms with Gasteiger partial charge in [-0.2, -0.15) is 0 Å². The predicted molar refractivity (Wildman–Crippen MR) is 86.6 cm³/mol. The zero-order valence-electron chi connectivity index (χ0n) is 12.1.